The van der Waals surface area contributed by atoms with Gasteiger partial charge in [-0.3, -0.25) is 0 Å². The zero-order chi connectivity index (χ0) is 40.0. The number of ether oxygens (including phenoxy) is 6. The SMILES string of the molecule is S=C1OC(COCCOc2ccc(C3(c4ccc(OCCOCC5CSC(=S)O5)c(-c5ccccc5)c4)c4ccccc4-c4ccccc43)cc2-c2ccccc2)CS1. The minimum absolute atomic E-state index is 0.0153. The largest absolute Gasteiger partial charge is 0.491 e. The second kappa shape index (κ2) is 18.3. The summed E-state index contributed by atoms with van der Waals surface area (Å²) in [5.41, 5.74) is 10.7. The van der Waals surface area contributed by atoms with Gasteiger partial charge in [-0.25, -0.2) is 0 Å². The lowest BCUT2D eigenvalue weighted by atomic mass is 9.67. The highest BCUT2D eigenvalue weighted by Gasteiger charge is 2.46. The molecule has 2 aliphatic heterocycles. The lowest BCUT2D eigenvalue weighted by molar-refractivity contribution is 0.0461. The first kappa shape index (κ1) is 39.8. The Bertz CT molecular complexity index is 2270. The van der Waals surface area contributed by atoms with E-state index in [1.807, 2.05) is 12.1 Å². The fraction of sp³-hybridized carbons (Fsp3) is 0.224. The zero-order valence-corrected chi connectivity index (χ0v) is 35.5. The molecular formula is C49H42O6S4. The molecule has 2 atom stereocenters. The van der Waals surface area contributed by atoms with Crippen LogP contribution in [0.2, 0.25) is 0 Å². The van der Waals surface area contributed by atoms with E-state index in [2.05, 4.69) is 133 Å². The van der Waals surface area contributed by atoms with Gasteiger partial charge in [0, 0.05) is 22.6 Å². The van der Waals surface area contributed by atoms with Crippen molar-refractivity contribution in [1.82, 2.24) is 0 Å². The highest BCUT2D eigenvalue weighted by molar-refractivity contribution is 8.23. The van der Waals surface area contributed by atoms with Gasteiger partial charge in [-0.2, -0.15) is 0 Å². The van der Waals surface area contributed by atoms with E-state index in [1.165, 1.54) is 22.3 Å². The van der Waals surface area contributed by atoms with Gasteiger partial charge in [-0.05, 0) is 93.2 Å². The van der Waals surface area contributed by atoms with Crippen molar-refractivity contribution in [1.29, 1.82) is 0 Å². The molecule has 2 saturated heterocycles. The Kier molecular flexibility index (Phi) is 12.3. The normalized spacial score (nSPS) is 17.6. The van der Waals surface area contributed by atoms with Gasteiger partial charge in [-0.1, -0.05) is 145 Å². The van der Waals surface area contributed by atoms with Gasteiger partial charge in [0.25, 0.3) is 0 Å². The fourth-order valence-electron chi connectivity index (χ4n) is 8.23. The number of thiocarbonyl (C=S) groups is 2. The summed E-state index contributed by atoms with van der Waals surface area (Å²) in [5, 5.41) is 0. The monoisotopic (exact) mass is 854 g/mol. The predicted molar refractivity (Wildman–Crippen MR) is 247 cm³/mol. The number of hydrogen-bond donors (Lipinski definition) is 0. The number of rotatable bonds is 16. The first-order valence-corrected chi connectivity index (χ1v) is 22.5. The van der Waals surface area contributed by atoms with Crippen molar-refractivity contribution < 1.29 is 28.4 Å². The molecule has 10 heteroatoms. The average molecular weight is 855 g/mol. The first-order valence-electron chi connectivity index (χ1n) is 19.7. The van der Waals surface area contributed by atoms with Gasteiger partial charge in [-0.15, -0.1) is 0 Å². The number of benzene rings is 6. The van der Waals surface area contributed by atoms with Gasteiger partial charge < -0.3 is 28.4 Å². The molecule has 3 aliphatic rings. The summed E-state index contributed by atoms with van der Waals surface area (Å²) in [6.07, 6.45) is -0.0306. The van der Waals surface area contributed by atoms with Crippen LogP contribution in [0.5, 0.6) is 11.5 Å². The van der Waals surface area contributed by atoms with E-state index in [9.17, 15) is 0 Å². The molecular weight excluding hydrogens is 813 g/mol. The van der Waals surface area contributed by atoms with Crippen molar-refractivity contribution in [2.24, 2.45) is 0 Å². The third kappa shape index (κ3) is 8.40. The van der Waals surface area contributed by atoms with Gasteiger partial charge in [0.1, 0.15) is 36.9 Å². The van der Waals surface area contributed by atoms with Crippen LogP contribution in [0.15, 0.2) is 146 Å². The van der Waals surface area contributed by atoms with Crippen LogP contribution in [0.3, 0.4) is 0 Å². The van der Waals surface area contributed by atoms with Crippen molar-refractivity contribution in [3.63, 3.8) is 0 Å². The van der Waals surface area contributed by atoms with Crippen molar-refractivity contribution in [2.45, 2.75) is 17.6 Å². The van der Waals surface area contributed by atoms with E-state index in [0.717, 1.165) is 56.4 Å². The predicted octanol–water partition coefficient (Wildman–Crippen LogP) is 11.0. The van der Waals surface area contributed by atoms with Crippen molar-refractivity contribution in [3.05, 3.63) is 168 Å². The molecule has 2 heterocycles. The maximum Gasteiger partial charge on any atom is 0.220 e. The van der Waals surface area contributed by atoms with E-state index in [4.69, 9.17) is 52.9 Å². The van der Waals surface area contributed by atoms with Gasteiger partial charge >= 0.3 is 0 Å². The van der Waals surface area contributed by atoms with Crippen molar-refractivity contribution in [2.75, 3.05) is 51.1 Å². The summed E-state index contributed by atoms with van der Waals surface area (Å²) in [5.74, 6) is 3.22. The molecule has 0 N–H and O–H groups in total. The molecule has 59 heavy (non-hydrogen) atoms. The Labute approximate surface area is 364 Å². The van der Waals surface area contributed by atoms with E-state index in [-0.39, 0.29) is 12.2 Å². The Morgan fingerprint density at radius 3 is 1.34 bits per heavy atom. The maximum absolute atomic E-state index is 6.52. The zero-order valence-electron chi connectivity index (χ0n) is 32.3. The maximum atomic E-state index is 6.52. The Morgan fingerprint density at radius 1 is 0.492 bits per heavy atom. The van der Waals surface area contributed by atoms with E-state index < -0.39 is 5.41 Å². The van der Waals surface area contributed by atoms with Gasteiger partial charge in [0.05, 0.1) is 31.8 Å². The number of hydrogen-bond acceptors (Lipinski definition) is 10. The topological polar surface area (TPSA) is 55.4 Å². The Morgan fingerprint density at radius 2 is 0.915 bits per heavy atom. The van der Waals surface area contributed by atoms with E-state index in [0.29, 0.717) is 48.4 Å². The van der Waals surface area contributed by atoms with Crippen molar-refractivity contribution in [3.8, 4) is 44.9 Å². The average Bonchev–Trinajstić information content (AvgIpc) is 3.99. The molecule has 2 fully saturated rings. The number of thioether (sulfide) groups is 2. The van der Waals surface area contributed by atoms with Crippen molar-refractivity contribution >= 4 is 56.7 Å². The standard InChI is InChI=1S/C49H42O6S4/c56-47-54-37(31-58-47)29-50-23-25-52-45-21-19-35(27-41(45)33-11-3-1-4-12-33)49(43-17-9-7-15-39(43)40-16-8-10-18-44(40)49)36-20-22-46(42(28-36)34-13-5-2-6-14-34)53-26-24-51-30-38-32-59-48(57)55-38/h1-22,27-28,37-38H,23-26,29-32H2. The highest BCUT2D eigenvalue weighted by Crippen LogP contribution is 2.57. The van der Waals surface area contributed by atoms with Crippen LogP contribution in [0, 0.1) is 0 Å². The minimum Gasteiger partial charge on any atom is -0.491 e. The van der Waals surface area contributed by atoms with Gasteiger partial charge in [0.15, 0.2) is 0 Å². The third-order valence-corrected chi connectivity index (χ3v) is 13.5. The van der Waals surface area contributed by atoms with Crippen LogP contribution < -0.4 is 9.47 Å². The quantitative estimate of drug-likeness (QED) is 0.0694. The molecule has 298 valence electrons. The van der Waals surface area contributed by atoms with E-state index >= 15 is 0 Å². The molecule has 6 nitrogen and oxygen atoms in total. The Balaban J connectivity index is 1.10. The molecule has 6 aromatic rings. The van der Waals surface area contributed by atoms with Crippen LogP contribution in [-0.4, -0.2) is 72.1 Å². The molecule has 9 rings (SSSR count). The lowest BCUT2D eigenvalue weighted by Gasteiger charge is -2.35. The van der Waals surface area contributed by atoms with Crippen LogP contribution in [0.25, 0.3) is 33.4 Å². The number of fused-ring (bicyclic) bond motifs is 3. The third-order valence-electron chi connectivity index (χ3n) is 10.8. The molecule has 0 radical (unpaired) electrons. The van der Waals surface area contributed by atoms with E-state index in [1.54, 1.807) is 23.5 Å². The minimum atomic E-state index is -0.663. The fourth-order valence-corrected chi connectivity index (χ4v) is 10.3. The second-order valence-corrected chi connectivity index (χ2v) is 17.7. The van der Waals surface area contributed by atoms with Crippen LogP contribution in [0.4, 0.5) is 0 Å². The molecule has 0 amide bonds. The summed E-state index contributed by atoms with van der Waals surface area (Å²) >= 11 is 13.5. The molecule has 0 saturated carbocycles. The van der Waals surface area contributed by atoms with Crippen LogP contribution >= 0.6 is 48.0 Å². The van der Waals surface area contributed by atoms with Crippen LogP contribution in [-0.2, 0) is 24.4 Å². The molecule has 2 unspecified atom stereocenters. The van der Waals surface area contributed by atoms with Crippen LogP contribution in [0.1, 0.15) is 22.3 Å². The summed E-state index contributed by atoms with van der Waals surface area (Å²) in [4.78, 5) is 0. The lowest BCUT2D eigenvalue weighted by Crippen LogP contribution is -2.29. The molecule has 1 aliphatic carbocycles. The Hall–Kier alpha value is -4.68. The van der Waals surface area contributed by atoms with Gasteiger partial charge in [0.2, 0.25) is 8.77 Å². The summed E-state index contributed by atoms with van der Waals surface area (Å²) < 4.78 is 37.4. The summed E-state index contributed by atoms with van der Waals surface area (Å²) in [7, 11) is 0. The molecule has 0 bridgehead atoms. The summed E-state index contributed by atoms with van der Waals surface area (Å²) in [6, 6.07) is 51.9. The molecule has 6 aromatic carbocycles. The smallest absolute Gasteiger partial charge is 0.220 e. The molecule has 0 aromatic heterocycles. The first-order chi connectivity index (χ1) is 29.1. The second-order valence-electron chi connectivity index (χ2n) is 14.4. The molecule has 0 spiro atoms. The highest BCUT2D eigenvalue weighted by atomic mass is 32.2. The summed E-state index contributed by atoms with van der Waals surface area (Å²) in [6.45, 7) is 2.63.